The van der Waals surface area contributed by atoms with E-state index in [1.54, 1.807) is 55.5 Å². The molecule has 2 aromatic carbocycles. The summed E-state index contributed by atoms with van der Waals surface area (Å²) in [5.41, 5.74) is 1.79. The highest BCUT2D eigenvalue weighted by molar-refractivity contribution is 6.04. The second-order valence-corrected chi connectivity index (χ2v) is 5.94. The second kappa shape index (κ2) is 9.62. The molecule has 0 unspecified atom stereocenters. The van der Waals surface area contributed by atoms with Gasteiger partial charge in [0.05, 0.1) is 31.9 Å². The number of rotatable bonds is 8. The van der Waals surface area contributed by atoms with E-state index < -0.39 is 0 Å². The zero-order valence-corrected chi connectivity index (χ0v) is 16.2. The van der Waals surface area contributed by atoms with Crippen LogP contribution in [0, 0.1) is 0 Å². The molecule has 6 nitrogen and oxygen atoms in total. The highest BCUT2D eigenvalue weighted by Crippen LogP contribution is 2.28. The van der Waals surface area contributed by atoms with Gasteiger partial charge in [-0.2, -0.15) is 0 Å². The fourth-order valence-corrected chi connectivity index (χ4v) is 2.83. The van der Waals surface area contributed by atoms with Crippen LogP contribution in [0.2, 0.25) is 0 Å². The van der Waals surface area contributed by atoms with E-state index in [9.17, 15) is 9.59 Å². The number of nitrogens with zero attached hydrogens (tertiary/aromatic N) is 1. The van der Waals surface area contributed by atoms with Crippen LogP contribution < -0.4 is 14.8 Å². The van der Waals surface area contributed by atoms with Gasteiger partial charge in [0.1, 0.15) is 0 Å². The Morgan fingerprint density at radius 1 is 0.963 bits per heavy atom. The largest absolute Gasteiger partial charge is 0.493 e. The number of methoxy groups -OCH3 is 2. The molecule has 0 spiro atoms. The first-order valence-corrected chi connectivity index (χ1v) is 8.93. The van der Waals surface area contributed by atoms with Gasteiger partial charge in [-0.05, 0) is 43.7 Å². The first-order valence-electron chi connectivity index (χ1n) is 8.93. The first kappa shape index (κ1) is 20.3. The molecule has 0 aliphatic rings. The molecule has 1 N–H and O–H groups in total. The minimum atomic E-state index is -0.206. The number of carbonyl (C=O) groups is 2. The van der Waals surface area contributed by atoms with Crippen molar-refractivity contribution < 1.29 is 19.1 Å². The number of amides is 2. The highest BCUT2D eigenvalue weighted by atomic mass is 16.5. The summed E-state index contributed by atoms with van der Waals surface area (Å²) in [6, 6.07) is 12.4. The molecular formula is C21H26N2O4. The Balaban J connectivity index is 2.16. The molecule has 27 heavy (non-hydrogen) atoms. The average Bonchev–Trinajstić information content (AvgIpc) is 2.69. The normalized spacial score (nSPS) is 10.2. The lowest BCUT2D eigenvalue weighted by molar-refractivity contribution is -0.115. The molecular weight excluding hydrogens is 344 g/mol. The van der Waals surface area contributed by atoms with Crippen molar-refractivity contribution in [1.82, 2.24) is 4.90 Å². The summed E-state index contributed by atoms with van der Waals surface area (Å²) in [7, 11) is 3.12. The molecule has 2 amide bonds. The zero-order chi connectivity index (χ0) is 19.8. The van der Waals surface area contributed by atoms with Crippen molar-refractivity contribution in [1.29, 1.82) is 0 Å². The number of ether oxygens (including phenoxy) is 2. The summed E-state index contributed by atoms with van der Waals surface area (Å²) in [6.45, 7) is 5.09. The number of hydrogen-bond donors (Lipinski definition) is 1. The first-order chi connectivity index (χ1) is 13.0. The number of benzene rings is 2. The van der Waals surface area contributed by atoms with Crippen LogP contribution in [0.15, 0.2) is 42.5 Å². The molecule has 144 valence electrons. The fraction of sp³-hybridized carbons (Fsp3) is 0.333. The molecule has 0 bridgehead atoms. The van der Waals surface area contributed by atoms with Gasteiger partial charge in [0.2, 0.25) is 5.91 Å². The van der Waals surface area contributed by atoms with Crippen molar-refractivity contribution in [3.63, 3.8) is 0 Å². The van der Waals surface area contributed by atoms with E-state index in [1.165, 1.54) is 0 Å². The van der Waals surface area contributed by atoms with Crippen molar-refractivity contribution >= 4 is 17.5 Å². The minimum absolute atomic E-state index is 0.0954. The molecule has 0 aliphatic heterocycles. The van der Waals surface area contributed by atoms with Crippen molar-refractivity contribution in [2.45, 2.75) is 20.3 Å². The van der Waals surface area contributed by atoms with Crippen LogP contribution in [-0.2, 0) is 11.2 Å². The monoisotopic (exact) mass is 370 g/mol. The lowest BCUT2D eigenvalue weighted by Gasteiger charge is -2.20. The molecule has 0 saturated carbocycles. The van der Waals surface area contributed by atoms with E-state index in [4.69, 9.17) is 9.47 Å². The van der Waals surface area contributed by atoms with Gasteiger partial charge in [-0.3, -0.25) is 9.59 Å². The van der Waals surface area contributed by atoms with Crippen LogP contribution in [0.25, 0.3) is 0 Å². The Hall–Kier alpha value is -3.02. The van der Waals surface area contributed by atoms with Gasteiger partial charge in [-0.25, -0.2) is 0 Å². The van der Waals surface area contributed by atoms with Gasteiger partial charge in [0, 0.05) is 13.1 Å². The summed E-state index contributed by atoms with van der Waals surface area (Å²) in [5.74, 6) is 0.876. The number of carbonyl (C=O) groups excluding carboxylic acids is 2. The third-order valence-corrected chi connectivity index (χ3v) is 4.29. The molecule has 2 rings (SSSR count). The summed E-state index contributed by atoms with van der Waals surface area (Å²) in [6.07, 6.45) is 0.161. The predicted octanol–water partition coefficient (Wildman–Crippen LogP) is 3.37. The Bertz CT molecular complexity index is 801. The van der Waals surface area contributed by atoms with Crippen LogP contribution in [0.4, 0.5) is 5.69 Å². The molecule has 0 aromatic heterocycles. The van der Waals surface area contributed by atoms with Crippen molar-refractivity contribution in [2.75, 3.05) is 32.6 Å². The zero-order valence-electron chi connectivity index (χ0n) is 16.2. The third kappa shape index (κ3) is 5.00. The van der Waals surface area contributed by atoms with Gasteiger partial charge < -0.3 is 19.7 Å². The van der Waals surface area contributed by atoms with E-state index in [0.29, 0.717) is 35.8 Å². The fourth-order valence-electron chi connectivity index (χ4n) is 2.83. The predicted molar refractivity (Wildman–Crippen MR) is 106 cm³/mol. The second-order valence-electron chi connectivity index (χ2n) is 5.94. The Kier molecular flexibility index (Phi) is 7.23. The Morgan fingerprint density at radius 3 is 2.26 bits per heavy atom. The van der Waals surface area contributed by atoms with E-state index in [1.807, 2.05) is 19.9 Å². The SMILES string of the molecule is CCN(CC)C(=O)c1ccccc1NC(=O)Cc1ccc(OC)c(OC)c1. The molecule has 0 radical (unpaired) electrons. The molecule has 2 aromatic rings. The van der Waals surface area contributed by atoms with Gasteiger partial charge in [-0.1, -0.05) is 18.2 Å². The Labute approximate surface area is 160 Å². The maximum absolute atomic E-state index is 12.7. The number of nitrogens with one attached hydrogen (secondary N) is 1. The summed E-state index contributed by atoms with van der Waals surface area (Å²) >= 11 is 0. The summed E-state index contributed by atoms with van der Waals surface area (Å²) in [5, 5.41) is 2.85. The average molecular weight is 370 g/mol. The van der Waals surface area contributed by atoms with E-state index in [2.05, 4.69) is 5.32 Å². The van der Waals surface area contributed by atoms with Gasteiger partial charge in [0.25, 0.3) is 5.91 Å². The van der Waals surface area contributed by atoms with Crippen LogP contribution in [0.5, 0.6) is 11.5 Å². The molecule has 0 aliphatic carbocycles. The quantitative estimate of drug-likeness (QED) is 0.774. The third-order valence-electron chi connectivity index (χ3n) is 4.29. The van der Waals surface area contributed by atoms with Gasteiger partial charge in [-0.15, -0.1) is 0 Å². The maximum atomic E-state index is 12.7. The maximum Gasteiger partial charge on any atom is 0.255 e. The standard InChI is InChI=1S/C21H26N2O4/c1-5-23(6-2)21(25)16-9-7-8-10-17(16)22-20(24)14-15-11-12-18(26-3)19(13-15)27-4/h7-13H,5-6,14H2,1-4H3,(H,22,24). The van der Waals surface area contributed by atoms with Crippen molar-refractivity contribution in [3.8, 4) is 11.5 Å². The minimum Gasteiger partial charge on any atom is -0.493 e. The molecule has 0 atom stereocenters. The number of anilines is 1. The van der Waals surface area contributed by atoms with Gasteiger partial charge >= 0.3 is 0 Å². The van der Waals surface area contributed by atoms with Gasteiger partial charge in [0.15, 0.2) is 11.5 Å². The van der Waals surface area contributed by atoms with Crippen LogP contribution in [0.3, 0.4) is 0 Å². The molecule has 0 fully saturated rings. The van der Waals surface area contributed by atoms with Crippen LogP contribution in [0.1, 0.15) is 29.8 Å². The van der Waals surface area contributed by atoms with Crippen molar-refractivity contribution in [2.24, 2.45) is 0 Å². The van der Waals surface area contributed by atoms with E-state index >= 15 is 0 Å². The lowest BCUT2D eigenvalue weighted by Crippen LogP contribution is -2.31. The summed E-state index contributed by atoms with van der Waals surface area (Å²) < 4.78 is 10.5. The lowest BCUT2D eigenvalue weighted by atomic mass is 10.1. The smallest absolute Gasteiger partial charge is 0.255 e. The van der Waals surface area contributed by atoms with E-state index in [0.717, 1.165) is 5.56 Å². The molecule has 0 saturated heterocycles. The van der Waals surface area contributed by atoms with Crippen LogP contribution >= 0.6 is 0 Å². The summed E-state index contributed by atoms with van der Waals surface area (Å²) in [4.78, 5) is 26.9. The number of hydrogen-bond acceptors (Lipinski definition) is 4. The van der Waals surface area contributed by atoms with Crippen molar-refractivity contribution in [3.05, 3.63) is 53.6 Å². The highest BCUT2D eigenvalue weighted by Gasteiger charge is 2.17. The number of para-hydroxylation sites is 1. The van der Waals surface area contributed by atoms with E-state index in [-0.39, 0.29) is 18.2 Å². The topological polar surface area (TPSA) is 67.9 Å². The molecule has 6 heteroatoms. The molecule has 0 heterocycles. The Morgan fingerprint density at radius 2 is 1.63 bits per heavy atom. The van der Waals surface area contributed by atoms with Crippen LogP contribution in [-0.4, -0.2) is 44.0 Å².